The molecule has 20 heavy (non-hydrogen) atoms. The molecule has 0 unspecified atom stereocenters. The van der Waals surface area contributed by atoms with Gasteiger partial charge in [0, 0.05) is 7.05 Å². The minimum absolute atomic E-state index is 0.0694. The van der Waals surface area contributed by atoms with Crippen LogP contribution in [0.4, 0.5) is 39.3 Å². The summed E-state index contributed by atoms with van der Waals surface area (Å²) >= 11 is 0. The van der Waals surface area contributed by atoms with Gasteiger partial charge in [-0.15, -0.1) is 0 Å². The third kappa shape index (κ3) is 2.36. The van der Waals surface area contributed by atoms with Gasteiger partial charge in [-0.3, -0.25) is 0 Å². The molecule has 0 aliphatic carbocycles. The van der Waals surface area contributed by atoms with Crippen molar-refractivity contribution < 1.29 is 22.0 Å². The summed E-state index contributed by atoms with van der Waals surface area (Å²) in [6.07, 6.45) is 0. The molecular weight excluding hydrogens is 281 g/mol. The fourth-order valence-corrected chi connectivity index (χ4v) is 1.49. The molecule has 1 aromatic carbocycles. The van der Waals surface area contributed by atoms with Gasteiger partial charge in [0.05, 0.1) is 0 Å². The largest absolute Gasteiger partial charge is 0.373 e. The first-order valence-corrected chi connectivity index (χ1v) is 5.39. The maximum atomic E-state index is 13.4. The van der Waals surface area contributed by atoms with Crippen molar-refractivity contribution in [2.75, 3.05) is 17.7 Å². The second kappa shape index (κ2) is 5.32. The Morgan fingerprint density at radius 2 is 1.30 bits per heavy atom. The molecule has 0 amide bonds. The Morgan fingerprint density at radius 1 is 0.800 bits per heavy atom. The van der Waals surface area contributed by atoms with Gasteiger partial charge >= 0.3 is 0 Å². The van der Waals surface area contributed by atoms with Crippen molar-refractivity contribution in [2.45, 2.75) is 0 Å². The lowest BCUT2D eigenvalue weighted by molar-refractivity contribution is 0.382. The van der Waals surface area contributed by atoms with Crippen LogP contribution >= 0.6 is 0 Å². The molecular formula is C12H8F5N3. The smallest absolute Gasteiger partial charge is 0.200 e. The Bertz CT molecular complexity index is 631. The first kappa shape index (κ1) is 14.0. The Balaban J connectivity index is 2.48. The van der Waals surface area contributed by atoms with Crippen LogP contribution in [0.1, 0.15) is 0 Å². The van der Waals surface area contributed by atoms with Crippen LogP contribution in [0.3, 0.4) is 0 Å². The van der Waals surface area contributed by atoms with E-state index in [-0.39, 0.29) is 5.82 Å². The normalized spacial score (nSPS) is 10.5. The molecule has 106 valence electrons. The standard InChI is InChI=1S/C12H8F5N3/c1-18-5-3-2-4-6(19-5)20-12-10(16)8(14)7(13)9(15)11(12)17/h2-4H,1H3,(H2,18,19,20). The van der Waals surface area contributed by atoms with Gasteiger partial charge in [-0.25, -0.2) is 26.9 Å². The summed E-state index contributed by atoms with van der Waals surface area (Å²) < 4.78 is 65.8. The summed E-state index contributed by atoms with van der Waals surface area (Å²) in [6.45, 7) is 0. The fourth-order valence-electron chi connectivity index (χ4n) is 1.49. The molecule has 8 heteroatoms. The maximum Gasteiger partial charge on any atom is 0.200 e. The van der Waals surface area contributed by atoms with Crippen LogP contribution in [0.2, 0.25) is 0 Å². The molecule has 3 nitrogen and oxygen atoms in total. The Kier molecular flexibility index (Phi) is 3.73. The van der Waals surface area contributed by atoms with E-state index in [4.69, 9.17) is 0 Å². The quantitative estimate of drug-likeness (QED) is 0.515. The summed E-state index contributed by atoms with van der Waals surface area (Å²) in [4.78, 5) is 3.86. The average molecular weight is 289 g/mol. The van der Waals surface area contributed by atoms with Crippen LogP contribution in [0.5, 0.6) is 0 Å². The highest BCUT2D eigenvalue weighted by Crippen LogP contribution is 2.29. The Morgan fingerprint density at radius 3 is 1.85 bits per heavy atom. The van der Waals surface area contributed by atoms with Crippen molar-refractivity contribution >= 4 is 17.3 Å². The Hall–Kier alpha value is -2.38. The van der Waals surface area contributed by atoms with Crippen molar-refractivity contribution in [1.29, 1.82) is 0 Å². The van der Waals surface area contributed by atoms with E-state index in [0.29, 0.717) is 5.82 Å². The minimum atomic E-state index is -2.21. The van der Waals surface area contributed by atoms with Crippen LogP contribution in [-0.4, -0.2) is 12.0 Å². The molecule has 2 aromatic rings. The third-order valence-electron chi connectivity index (χ3n) is 2.47. The van der Waals surface area contributed by atoms with E-state index in [1.54, 1.807) is 13.1 Å². The van der Waals surface area contributed by atoms with Crippen molar-refractivity contribution in [3.05, 3.63) is 47.3 Å². The summed E-state index contributed by atoms with van der Waals surface area (Å²) in [6, 6.07) is 4.37. The number of nitrogens with zero attached hydrogens (tertiary/aromatic N) is 1. The van der Waals surface area contributed by atoms with Gasteiger partial charge in [-0.2, -0.15) is 0 Å². The molecule has 0 spiro atoms. The number of pyridine rings is 1. The molecule has 0 fully saturated rings. The molecule has 1 aromatic heterocycles. The predicted molar refractivity (Wildman–Crippen MR) is 63.3 cm³/mol. The van der Waals surface area contributed by atoms with Gasteiger partial charge in [-0.05, 0) is 12.1 Å². The molecule has 2 N–H and O–H groups in total. The molecule has 0 saturated carbocycles. The highest BCUT2D eigenvalue weighted by molar-refractivity contribution is 5.59. The average Bonchev–Trinajstić information content (AvgIpc) is 2.48. The minimum Gasteiger partial charge on any atom is -0.373 e. The fraction of sp³-hybridized carbons (Fsp3) is 0.0833. The van der Waals surface area contributed by atoms with Crippen LogP contribution in [0, 0.1) is 29.1 Å². The first-order valence-electron chi connectivity index (χ1n) is 5.39. The van der Waals surface area contributed by atoms with Gasteiger partial charge < -0.3 is 10.6 Å². The summed E-state index contributed by atoms with van der Waals surface area (Å²) in [7, 11) is 1.56. The van der Waals surface area contributed by atoms with Gasteiger partial charge in [0.15, 0.2) is 23.3 Å². The van der Waals surface area contributed by atoms with Gasteiger partial charge in [0.1, 0.15) is 17.3 Å². The van der Waals surface area contributed by atoms with Crippen LogP contribution in [-0.2, 0) is 0 Å². The van der Waals surface area contributed by atoms with Gasteiger partial charge in [-0.1, -0.05) is 6.07 Å². The number of anilines is 3. The first-order chi connectivity index (χ1) is 9.45. The lowest BCUT2D eigenvalue weighted by Gasteiger charge is -2.11. The number of aromatic nitrogens is 1. The number of rotatable bonds is 3. The lowest BCUT2D eigenvalue weighted by Crippen LogP contribution is -2.07. The molecule has 0 radical (unpaired) electrons. The van der Waals surface area contributed by atoms with Crippen molar-refractivity contribution in [2.24, 2.45) is 0 Å². The molecule has 0 atom stereocenters. The number of nitrogens with one attached hydrogen (secondary N) is 2. The van der Waals surface area contributed by atoms with E-state index < -0.39 is 34.8 Å². The summed E-state index contributed by atoms with van der Waals surface area (Å²) in [5.74, 6) is -9.84. The van der Waals surface area contributed by atoms with Crippen molar-refractivity contribution in [1.82, 2.24) is 4.98 Å². The van der Waals surface area contributed by atoms with E-state index in [1.165, 1.54) is 12.1 Å². The Labute approximate surface area is 110 Å². The highest BCUT2D eigenvalue weighted by Gasteiger charge is 2.25. The van der Waals surface area contributed by atoms with Crippen LogP contribution in [0.25, 0.3) is 0 Å². The number of halogens is 5. The van der Waals surface area contributed by atoms with E-state index in [1.807, 2.05) is 0 Å². The molecule has 0 saturated heterocycles. The number of hydrogen-bond acceptors (Lipinski definition) is 3. The van der Waals surface area contributed by atoms with Crippen LogP contribution in [0.15, 0.2) is 18.2 Å². The van der Waals surface area contributed by atoms with Gasteiger partial charge in [0.2, 0.25) is 5.82 Å². The molecule has 0 bridgehead atoms. The van der Waals surface area contributed by atoms with Gasteiger partial charge in [0.25, 0.3) is 0 Å². The van der Waals surface area contributed by atoms with Crippen LogP contribution < -0.4 is 10.6 Å². The zero-order chi connectivity index (χ0) is 14.9. The zero-order valence-electron chi connectivity index (χ0n) is 10.1. The molecule has 0 aliphatic heterocycles. The SMILES string of the molecule is CNc1cccc(Nc2c(F)c(F)c(F)c(F)c2F)n1. The van der Waals surface area contributed by atoms with Crippen molar-refractivity contribution in [3.63, 3.8) is 0 Å². The highest BCUT2D eigenvalue weighted by atomic mass is 19.2. The molecule has 2 rings (SSSR count). The monoisotopic (exact) mass is 289 g/mol. The van der Waals surface area contributed by atoms with Crippen molar-refractivity contribution in [3.8, 4) is 0 Å². The lowest BCUT2D eigenvalue weighted by atomic mass is 10.2. The molecule has 0 aliphatic rings. The molecule has 1 heterocycles. The second-order valence-electron chi connectivity index (χ2n) is 3.73. The second-order valence-corrected chi connectivity index (χ2v) is 3.73. The predicted octanol–water partition coefficient (Wildman–Crippen LogP) is 3.56. The number of hydrogen-bond donors (Lipinski definition) is 2. The maximum absolute atomic E-state index is 13.4. The number of benzene rings is 1. The summed E-state index contributed by atoms with van der Waals surface area (Å²) in [5.41, 5.74) is -1.15. The van der Waals surface area contributed by atoms with E-state index in [2.05, 4.69) is 15.6 Å². The van der Waals surface area contributed by atoms with E-state index in [0.717, 1.165) is 0 Å². The van der Waals surface area contributed by atoms with E-state index in [9.17, 15) is 22.0 Å². The summed E-state index contributed by atoms with van der Waals surface area (Å²) in [5, 5.41) is 4.74. The topological polar surface area (TPSA) is 37.0 Å². The third-order valence-corrected chi connectivity index (χ3v) is 2.47. The zero-order valence-corrected chi connectivity index (χ0v) is 10.1. The van der Waals surface area contributed by atoms with E-state index >= 15 is 0 Å².